The van der Waals surface area contributed by atoms with Crippen LogP contribution in [0.3, 0.4) is 0 Å². The first kappa shape index (κ1) is 34.3. The predicted octanol–water partition coefficient (Wildman–Crippen LogP) is 10.2. The highest BCUT2D eigenvalue weighted by molar-refractivity contribution is 6.07. The van der Waals surface area contributed by atoms with Gasteiger partial charge in [-0.25, -0.2) is 9.37 Å². The quantitative estimate of drug-likeness (QED) is 0.0651. The van der Waals surface area contributed by atoms with Gasteiger partial charge in [0.15, 0.2) is 0 Å². The summed E-state index contributed by atoms with van der Waals surface area (Å²) in [4.78, 5) is 14.8. The smallest absolute Gasteiger partial charge is 0.336 e. The van der Waals surface area contributed by atoms with Crippen molar-refractivity contribution in [2.75, 3.05) is 31.1 Å². The third-order valence-corrected chi connectivity index (χ3v) is 9.17. The molecule has 4 rings (SSSR count). The standard InChI is InChI=1S/C40H54N2O3/c1-5-9-11-13-15-19-27-41(7-3)31-23-25-35-37(29-31)45-38-30-32(42(8-4)28-20-16-14-12-10-6-2)24-26-36(38)39(35)33-21-17-18-22-34(33)40(43)44/h17-18,21-26,29-30H,5-16,19-20,27-28H2,1-4H3/p+1. The monoisotopic (exact) mass is 611 g/mol. The average molecular weight is 612 g/mol. The number of nitrogens with zero attached hydrogens (tertiary/aromatic N) is 2. The lowest BCUT2D eigenvalue weighted by Crippen LogP contribution is -2.30. The Balaban J connectivity index is 1.78. The Hall–Kier alpha value is -3.60. The van der Waals surface area contributed by atoms with Gasteiger partial charge in [0.05, 0.1) is 11.6 Å². The number of unbranched alkanes of at least 4 members (excludes halogenated alkanes) is 10. The van der Waals surface area contributed by atoms with Crippen molar-refractivity contribution in [3.05, 3.63) is 71.6 Å². The lowest BCUT2D eigenvalue weighted by atomic mass is 9.90. The lowest BCUT2D eigenvalue weighted by molar-refractivity contribution is 0.0697. The zero-order valence-electron chi connectivity index (χ0n) is 28.2. The summed E-state index contributed by atoms with van der Waals surface area (Å²) >= 11 is 0. The Morgan fingerprint density at radius 3 is 2.13 bits per heavy atom. The molecular weight excluding hydrogens is 556 g/mol. The van der Waals surface area contributed by atoms with E-state index in [1.807, 2.05) is 12.1 Å². The van der Waals surface area contributed by atoms with Gasteiger partial charge in [-0.15, -0.1) is 0 Å². The van der Waals surface area contributed by atoms with Crippen molar-refractivity contribution in [3.63, 3.8) is 0 Å². The van der Waals surface area contributed by atoms with Gasteiger partial charge in [0.2, 0.25) is 5.36 Å². The molecule has 45 heavy (non-hydrogen) atoms. The van der Waals surface area contributed by atoms with Crippen molar-refractivity contribution in [2.45, 2.75) is 105 Å². The number of carboxylic acid groups (broad SMARTS) is 1. The summed E-state index contributed by atoms with van der Waals surface area (Å²) < 4.78 is 9.15. The molecule has 242 valence electrons. The first-order chi connectivity index (χ1) is 22.0. The van der Waals surface area contributed by atoms with Crippen molar-refractivity contribution in [1.82, 2.24) is 4.58 Å². The van der Waals surface area contributed by atoms with Crippen LogP contribution >= 0.6 is 0 Å². The third kappa shape index (κ3) is 8.99. The molecule has 1 aliphatic heterocycles. The molecule has 0 unspecified atom stereocenters. The SMILES string of the molecule is CCCCCCCCN(CC)c1ccc2c(-c3ccccc3C(=O)O)c3ccc(=[N+](CC)CCCCCCCC)cc-3oc2c1. The van der Waals surface area contributed by atoms with Crippen LogP contribution in [0.15, 0.2) is 65.1 Å². The summed E-state index contributed by atoms with van der Waals surface area (Å²) in [7, 11) is 0. The summed E-state index contributed by atoms with van der Waals surface area (Å²) in [6, 6.07) is 20.2. The highest BCUT2D eigenvalue weighted by Gasteiger charge is 2.22. The number of hydrogen-bond donors (Lipinski definition) is 1. The van der Waals surface area contributed by atoms with E-state index < -0.39 is 5.97 Å². The van der Waals surface area contributed by atoms with Crippen molar-refractivity contribution in [3.8, 4) is 22.5 Å². The van der Waals surface area contributed by atoms with E-state index in [-0.39, 0.29) is 0 Å². The molecule has 2 aromatic carbocycles. The fraction of sp³-hybridized carbons (Fsp3) is 0.500. The van der Waals surface area contributed by atoms with Crippen LogP contribution in [0.1, 0.15) is 115 Å². The van der Waals surface area contributed by atoms with Crippen LogP contribution in [0.4, 0.5) is 5.69 Å². The van der Waals surface area contributed by atoms with Gasteiger partial charge >= 0.3 is 5.97 Å². The van der Waals surface area contributed by atoms with E-state index in [1.54, 1.807) is 12.1 Å². The second-order valence-corrected chi connectivity index (χ2v) is 12.4. The molecule has 5 heteroatoms. The summed E-state index contributed by atoms with van der Waals surface area (Å²) in [6.45, 7) is 12.8. The second-order valence-electron chi connectivity index (χ2n) is 12.4. The van der Waals surface area contributed by atoms with Gasteiger partial charge in [0.1, 0.15) is 24.4 Å². The molecule has 5 nitrogen and oxygen atoms in total. The third-order valence-electron chi connectivity index (χ3n) is 9.17. The second kappa shape index (κ2) is 17.8. The fourth-order valence-corrected chi connectivity index (χ4v) is 6.54. The van der Waals surface area contributed by atoms with Gasteiger partial charge in [0.25, 0.3) is 0 Å². The van der Waals surface area contributed by atoms with Crippen LogP contribution in [-0.4, -0.2) is 37.3 Å². The maximum absolute atomic E-state index is 12.4. The van der Waals surface area contributed by atoms with E-state index in [2.05, 4.69) is 73.6 Å². The van der Waals surface area contributed by atoms with E-state index in [1.165, 1.54) is 77.0 Å². The Morgan fingerprint density at radius 2 is 1.44 bits per heavy atom. The van der Waals surface area contributed by atoms with E-state index in [0.717, 1.165) is 70.6 Å². The van der Waals surface area contributed by atoms with Crippen molar-refractivity contribution < 1.29 is 14.3 Å². The summed E-state index contributed by atoms with van der Waals surface area (Å²) in [5, 5.41) is 12.2. The highest BCUT2D eigenvalue weighted by atomic mass is 16.4. The average Bonchev–Trinajstić information content (AvgIpc) is 3.06. The number of rotatable bonds is 19. The molecule has 0 saturated heterocycles. The van der Waals surface area contributed by atoms with E-state index in [4.69, 9.17) is 4.42 Å². The number of anilines is 1. The van der Waals surface area contributed by atoms with Crippen LogP contribution in [0.2, 0.25) is 0 Å². The Kier molecular flexibility index (Phi) is 13.5. The maximum Gasteiger partial charge on any atom is 0.336 e. The van der Waals surface area contributed by atoms with Gasteiger partial charge in [-0.1, -0.05) is 89.8 Å². The van der Waals surface area contributed by atoms with Gasteiger partial charge in [-0.3, -0.25) is 0 Å². The van der Waals surface area contributed by atoms with Crippen molar-refractivity contribution in [2.24, 2.45) is 0 Å². The molecule has 0 spiro atoms. The summed E-state index contributed by atoms with van der Waals surface area (Å²) in [6.07, 6.45) is 15.3. The molecule has 1 N–H and O–H groups in total. The zero-order valence-corrected chi connectivity index (χ0v) is 28.2. The molecule has 0 atom stereocenters. The van der Waals surface area contributed by atoms with Crippen molar-refractivity contribution >= 4 is 22.6 Å². The van der Waals surface area contributed by atoms with Gasteiger partial charge < -0.3 is 14.4 Å². The van der Waals surface area contributed by atoms with E-state index >= 15 is 0 Å². The molecular formula is C40H55N2O3+. The number of carbonyl (C=O) groups is 1. The number of aromatic carboxylic acids is 1. The predicted molar refractivity (Wildman–Crippen MR) is 191 cm³/mol. The normalized spacial score (nSPS) is 12.2. The maximum atomic E-state index is 12.4. The minimum Gasteiger partial charge on any atom is -0.478 e. The Bertz CT molecular complexity index is 1550. The van der Waals surface area contributed by atoms with Crippen LogP contribution in [0.25, 0.3) is 33.4 Å². The molecule has 2 aromatic rings. The number of benzene rings is 3. The molecule has 0 bridgehead atoms. The summed E-state index contributed by atoms with van der Waals surface area (Å²) in [5.41, 5.74) is 4.80. The van der Waals surface area contributed by atoms with E-state index in [9.17, 15) is 9.90 Å². The van der Waals surface area contributed by atoms with E-state index in [0.29, 0.717) is 5.56 Å². The minimum absolute atomic E-state index is 0.302. The van der Waals surface area contributed by atoms with Crippen molar-refractivity contribution in [1.29, 1.82) is 0 Å². The molecule has 0 saturated carbocycles. The van der Waals surface area contributed by atoms with Crippen LogP contribution in [0, 0.1) is 0 Å². The Labute approximate surface area is 270 Å². The number of hydrogen-bond acceptors (Lipinski definition) is 3. The van der Waals surface area contributed by atoms with Crippen LogP contribution in [0.5, 0.6) is 0 Å². The fourth-order valence-electron chi connectivity index (χ4n) is 6.54. The molecule has 0 radical (unpaired) electrons. The molecule has 0 aromatic heterocycles. The largest absolute Gasteiger partial charge is 0.478 e. The highest BCUT2D eigenvalue weighted by Crippen LogP contribution is 2.42. The lowest BCUT2D eigenvalue weighted by Gasteiger charge is -2.24. The minimum atomic E-state index is -0.923. The Morgan fingerprint density at radius 1 is 0.756 bits per heavy atom. The number of fused-ring (bicyclic) bond motifs is 2. The van der Waals surface area contributed by atoms with Crippen LogP contribution in [-0.2, 0) is 0 Å². The molecule has 1 aliphatic carbocycles. The van der Waals surface area contributed by atoms with Crippen LogP contribution < -0.4 is 14.8 Å². The first-order valence-electron chi connectivity index (χ1n) is 17.7. The van der Waals surface area contributed by atoms with Gasteiger partial charge in [-0.05, 0) is 56.5 Å². The topological polar surface area (TPSA) is 56.7 Å². The molecule has 0 amide bonds. The molecule has 0 fully saturated rings. The number of carboxylic acids is 1. The molecule has 1 heterocycles. The first-order valence-corrected chi connectivity index (χ1v) is 17.7. The van der Waals surface area contributed by atoms with Gasteiger partial charge in [-0.2, -0.15) is 0 Å². The summed E-state index contributed by atoms with van der Waals surface area (Å²) in [5.74, 6) is -0.138. The molecule has 2 aliphatic rings. The van der Waals surface area contributed by atoms with Gasteiger partial charge in [0, 0.05) is 53.8 Å². The zero-order chi connectivity index (χ0) is 32.0.